The zero-order chi connectivity index (χ0) is 14.8. The van der Waals surface area contributed by atoms with Gasteiger partial charge in [0.2, 0.25) is 0 Å². The maximum atomic E-state index is 13.1. The fraction of sp³-hybridized carbons (Fsp3) is 0.118. The molecule has 0 unspecified atom stereocenters. The van der Waals surface area contributed by atoms with Crippen molar-refractivity contribution in [3.8, 4) is 0 Å². The van der Waals surface area contributed by atoms with Gasteiger partial charge in [-0.05, 0) is 42.8 Å². The van der Waals surface area contributed by atoms with E-state index in [0.717, 1.165) is 27.7 Å². The van der Waals surface area contributed by atoms with Gasteiger partial charge < -0.3 is 5.32 Å². The summed E-state index contributed by atoms with van der Waals surface area (Å²) in [5.74, 6) is -0.233. The van der Waals surface area contributed by atoms with Crippen LogP contribution in [0.4, 0.5) is 10.1 Å². The SMILES string of the molecule is Cc1cc(F)ccc1NCc1cc2ccccc2nc1Cl. The largest absolute Gasteiger partial charge is 0.381 e. The summed E-state index contributed by atoms with van der Waals surface area (Å²) >= 11 is 6.22. The number of hydrogen-bond acceptors (Lipinski definition) is 2. The number of nitrogens with one attached hydrogen (secondary N) is 1. The van der Waals surface area contributed by atoms with E-state index in [-0.39, 0.29) is 5.82 Å². The van der Waals surface area contributed by atoms with E-state index in [0.29, 0.717) is 11.7 Å². The Morgan fingerprint density at radius 1 is 1.14 bits per heavy atom. The average Bonchev–Trinajstić information content (AvgIpc) is 2.46. The fourth-order valence-corrected chi connectivity index (χ4v) is 2.49. The predicted octanol–water partition coefficient (Wildman–Crippen LogP) is 4.95. The molecule has 2 nitrogen and oxygen atoms in total. The molecule has 4 heteroatoms. The van der Waals surface area contributed by atoms with E-state index < -0.39 is 0 Å². The number of pyridine rings is 1. The zero-order valence-electron chi connectivity index (χ0n) is 11.5. The smallest absolute Gasteiger partial charge is 0.134 e. The van der Waals surface area contributed by atoms with Crippen molar-refractivity contribution in [2.45, 2.75) is 13.5 Å². The van der Waals surface area contributed by atoms with Gasteiger partial charge in [0.05, 0.1) is 5.52 Å². The van der Waals surface area contributed by atoms with Gasteiger partial charge >= 0.3 is 0 Å². The van der Waals surface area contributed by atoms with Crippen molar-refractivity contribution in [2.24, 2.45) is 0 Å². The molecule has 106 valence electrons. The van der Waals surface area contributed by atoms with E-state index in [4.69, 9.17) is 11.6 Å². The Hall–Kier alpha value is -2.13. The van der Waals surface area contributed by atoms with Crippen LogP contribution in [0.3, 0.4) is 0 Å². The topological polar surface area (TPSA) is 24.9 Å². The van der Waals surface area contributed by atoms with E-state index in [1.54, 1.807) is 6.07 Å². The van der Waals surface area contributed by atoms with E-state index in [9.17, 15) is 4.39 Å². The Bertz CT molecular complexity index is 802. The molecular weight excluding hydrogens is 287 g/mol. The first-order chi connectivity index (χ1) is 10.1. The number of fused-ring (bicyclic) bond motifs is 1. The number of anilines is 1. The van der Waals surface area contributed by atoms with E-state index in [1.807, 2.05) is 37.3 Å². The summed E-state index contributed by atoms with van der Waals surface area (Å²) in [4.78, 5) is 4.39. The molecule has 3 rings (SSSR count). The molecule has 3 aromatic rings. The van der Waals surface area contributed by atoms with Crippen LogP contribution in [-0.4, -0.2) is 4.98 Å². The maximum absolute atomic E-state index is 13.1. The molecule has 0 saturated heterocycles. The molecule has 0 atom stereocenters. The number of hydrogen-bond donors (Lipinski definition) is 1. The highest BCUT2D eigenvalue weighted by molar-refractivity contribution is 6.30. The van der Waals surface area contributed by atoms with Crippen LogP contribution in [0.2, 0.25) is 5.15 Å². The monoisotopic (exact) mass is 300 g/mol. The van der Waals surface area contributed by atoms with Crippen LogP contribution in [0.1, 0.15) is 11.1 Å². The zero-order valence-corrected chi connectivity index (χ0v) is 12.3. The van der Waals surface area contributed by atoms with Gasteiger partial charge in [-0.25, -0.2) is 9.37 Å². The number of nitrogens with zero attached hydrogens (tertiary/aromatic N) is 1. The van der Waals surface area contributed by atoms with Crippen LogP contribution in [0.25, 0.3) is 10.9 Å². The Labute approximate surface area is 127 Å². The Kier molecular flexibility index (Phi) is 3.76. The van der Waals surface area contributed by atoms with Gasteiger partial charge in [-0.15, -0.1) is 0 Å². The maximum Gasteiger partial charge on any atom is 0.134 e. The molecule has 0 saturated carbocycles. The van der Waals surface area contributed by atoms with Crippen molar-refractivity contribution in [3.05, 3.63) is 70.6 Å². The Balaban J connectivity index is 1.86. The minimum absolute atomic E-state index is 0.233. The van der Waals surface area contributed by atoms with Gasteiger partial charge in [-0.1, -0.05) is 29.8 Å². The molecule has 0 bridgehead atoms. The highest BCUT2D eigenvalue weighted by Gasteiger charge is 2.06. The van der Waals surface area contributed by atoms with Gasteiger partial charge in [0.25, 0.3) is 0 Å². The summed E-state index contributed by atoms with van der Waals surface area (Å²) in [6, 6.07) is 14.5. The number of halogens is 2. The molecule has 0 fully saturated rings. The quantitative estimate of drug-likeness (QED) is 0.692. The molecule has 0 aliphatic heterocycles. The van der Waals surface area contributed by atoms with Gasteiger partial charge in [-0.2, -0.15) is 0 Å². The van der Waals surface area contributed by atoms with Gasteiger partial charge in [0, 0.05) is 23.2 Å². The third kappa shape index (κ3) is 2.98. The molecular formula is C17H14ClFN2. The van der Waals surface area contributed by atoms with E-state index in [2.05, 4.69) is 10.3 Å². The Morgan fingerprint density at radius 3 is 2.76 bits per heavy atom. The summed E-state index contributed by atoms with van der Waals surface area (Å²) in [6.07, 6.45) is 0. The van der Waals surface area contributed by atoms with E-state index >= 15 is 0 Å². The van der Waals surface area contributed by atoms with Crippen molar-refractivity contribution in [3.63, 3.8) is 0 Å². The number of aryl methyl sites for hydroxylation is 1. The summed E-state index contributed by atoms with van der Waals surface area (Å²) in [6.45, 7) is 2.41. The number of rotatable bonds is 3. The lowest BCUT2D eigenvalue weighted by molar-refractivity contribution is 0.627. The lowest BCUT2D eigenvalue weighted by atomic mass is 10.1. The normalized spacial score (nSPS) is 10.8. The van der Waals surface area contributed by atoms with Crippen LogP contribution in [0, 0.1) is 12.7 Å². The van der Waals surface area contributed by atoms with Crippen LogP contribution < -0.4 is 5.32 Å². The van der Waals surface area contributed by atoms with Crippen molar-refractivity contribution in [1.29, 1.82) is 0 Å². The molecule has 21 heavy (non-hydrogen) atoms. The van der Waals surface area contributed by atoms with Gasteiger partial charge in [0.1, 0.15) is 11.0 Å². The molecule has 1 N–H and O–H groups in total. The molecule has 1 aromatic heterocycles. The summed E-state index contributed by atoms with van der Waals surface area (Å²) < 4.78 is 13.1. The Morgan fingerprint density at radius 2 is 1.95 bits per heavy atom. The van der Waals surface area contributed by atoms with Crippen molar-refractivity contribution in [1.82, 2.24) is 4.98 Å². The molecule has 2 aromatic carbocycles. The van der Waals surface area contributed by atoms with Crippen molar-refractivity contribution in [2.75, 3.05) is 5.32 Å². The van der Waals surface area contributed by atoms with Crippen LogP contribution in [0.15, 0.2) is 48.5 Å². The number of benzene rings is 2. The van der Waals surface area contributed by atoms with Crippen LogP contribution in [0.5, 0.6) is 0 Å². The molecule has 0 spiro atoms. The highest BCUT2D eigenvalue weighted by Crippen LogP contribution is 2.22. The first-order valence-electron chi connectivity index (χ1n) is 6.68. The minimum Gasteiger partial charge on any atom is -0.381 e. The van der Waals surface area contributed by atoms with Gasteiger partial charge in [-0.3, -0.25) is 0 Å². The first kappa shape index (κ1) is 13.8. The summed E-state index contributed by atoms with van der Waals surface area (Å²) in [7, 11) is 0. The standard InChI is InChI=1S/C17H14ClFN2/c1-11-8-14(19)6-7-15(11)20-10-13-9-12-4-2-3-5-16(12)21-17(13)18/h2-9,20H,10H2,1H3. The number of para-hydroxylation sites is 1. The fourth-order valence-electron chi connectivity index (χ4n) is 2.28. The third-order valence-corrected chi connectivity index (χ3v) is 3.74. The highest BCUT2D eigenvalue weighted by atomic mass is 35.5. The second kappa shape index (κ2) is 5.70. The summed E-state index contributed by atoms with van der Waals surface area (Å²) in [5.41, 5.74) is 3.55. The predicted molar refractivity (Wildman–Crippen MR) is 85.2 cm³/mol. The van der Waals surface area contributed by atoms with Gasteiger partial charge in [0.15, 0.2) is 0 Å². The second-order valence-corrected chi connectivity index (χ2v) is 5.30. The minimum atomic E-state index is -0.233. The second-order valence-electron chi connectivity index (χ2n) is 4.94. The third-order valence-electron chi connectivity index (χ3n) is 3.41. The summed E-state index contributed by atoms with van der Waals surface area (Å²) in [5, 5.41) is 4.81. The average molecular weight is 301 g/mol. The van der Waals surface area contributed by atoms with Crippen molar-refractivity contribution < 1.29 is 4.39 Å². The number of aromatic nitrogens is 1. The molecule has 0 amide bonds. The molecule has 1 heterocycles. The molecule has 0 aliphatic rings. The van der Waals surface area contributed by atoms with Crippen LogP contribution >= 0.6 is 11.6 Å². The lowest BCUT2D eigenvalue weighted by Crippen LogP contribution is -2.03. The van der Waals surface area contributed by atoms with Crippen molar-refractivity contribution >= 4 is 28.2 Å². The first-order valence-corrected chi connectivity index (χ1v) is 7.05. The molecule has 0 aliphatic carbocycles. The van der Waals surface area contributed by atoms with E-state index in [1.165, 1.54) is 12.1 Å². The molecule has 0 radical (unpaired) electrons. The lowest BCUT2D eigenvalue weighted by Gasteiger charge is -2.11. The van der Waals surface area contributed by atoms with Crippen LogP contribution in [-0.2, 0) is 6.54 Å².